The second-order valence-electron chi connectivity index (χ2n) is 5.62. The zero-order valence-corrected chi connectivity index (χ0v) is 10.8. The van der Waals surface area contributed by atoms with Gasteiger partial charge in [-0.2, -0.15) is 0 Å². The summed E-state index contributed by atoms with van der Waals surface area (Å²) in [4.78, 5) is 23.0. The van der Waals surface area contributed by atoms with Crippen molar-refractivity contribution in [3.8, 4) is 0 Å². The van der Waals surface area contributed by atoms with E-state index in [2.05, 4.69) is 5.32 Å². The highest BCUT2D eigenvalue weighted by Crippen LogP contribution is 2.47. The third-order valence-corrected chi connectivity index (χ3v) is 4.65. The number of hydrogen-bond acceptors (Lipinski definition) is 3. The SMILES string of the molecule is CCC(CNC(=O)C1C2CCC(C2)C1N)C(=O)O. The molecule has 2 aliphatic rings. The van der Waals surface area contributed by atoms with E-state index >= 15 is 0 Å². The van der Waals surface area contributed by atoms with Crippen LogP contribution in [0.15, 0.2) is 0 Å². The first-order chi connectivity index (χ1) is 8.54. The zero-order valence-electron chi connectivity index (χ0n) is 10.8. The third-order valence-electron chi connectivity index (χ3n) is 4.65. The number of carboxylic acid groups (broad SMARTS) is 1. The normalized spacial score (nSPS) is 35.4. The molecule has 2 rings (SSSR count). The van der Waals surface area contributed by atoms with Gasteiger partial charge >= 0.3 is 5.97 Å². The van der Waals surface area contributed by atoms with Crippen molar-refractivity contribution in [2.45, 2.75) is 38.6 Å². The highest BCUT2D eigenvalue weighted by atomic mass is 16.4. The molecule has 2 saturated carbocycles. The molecule has 0 heterocycles. The maximum atomic E-state index is 12.1. The Hall–Kier alpha value is -1.10. The van der Waals surface area contributed by atoms with Gasteiger partial charge in [-0.05, 0) is 37.5 Å². The Morgan fingerprint density at radius 2 is 2.06 bits per heavy atom. The number of carboxylic acids is 1. The van der Waals surface area contributed by atoms with E-state index in [9.17, 15) is 9.59 Å². The standard InChI is InChI=1S/C13H22N2O3/c1-2-7(13(17)18)6-15-12(16)10-8-3-4-9(5-8)11(10)14/h7-11H,2-6,14H2,1H3,(H,15,16)(H,17,18). The number of rotatable bonds is 5. The summed E-state index contributed by atoms with van der Waals surface area (Å²) < 4.78 is 0. The van der Waals surface area contributed by atoms with Crippen LogP contribution >= 0.6 is 0 Å². The van der Waals surface area contributed by atoms with Crippen LogP contribution in [0.5, 0.6) is 0 Å². The van der Waals surface area contributed by atoms with Crippen molar-refractivity contribution in [1.82, 2.24) is 5.32 Å². The molecule has 5 unspecified atom stereocenters. The summed E-state index contributed by atoms with van der Waals surface area (Å²) in [5, 5.41) is 11.7. The van der Waals surface area contributed by atoms with Crippen molar-refractivity contribution in [3.63, 3.8) is 0 Å². The number of carbonyl (C=O) groups is 2. The van der Waals surface area contributed by atoms with Crippen LogP contribution in [-0.4, -0.2) is 29.6 Å². The summed E-state index contributed by atoms with van der Waals surface area (Å²) in [5.41, 5.74) is 6.09. The van der Waals surface area contributed by atoms with Crippen molar-refractivity contribution >= 4 is 11.9 Å². The minimum absolute atomic E-state index is 0.0337. The molecule has 2 aliphatic carbocycles. The quantitative estimate of drug-likeness (QED) is 0.669. The molecule has 0 aromatic heterocycles. The Morgan fingerprint density at radius 1 is 1.39 bits per heavy atom. The Bertz CT molecular complexity index is 343. The van der Waals surface area contributed by atoms with Crippen LogP contribution in [0.3, 0.4) is 0 Å². The molecule has 5 heteroatoms. The van der Waals surface area contributed by atoms with Gasteiger partial charge < -0.3 is 16.2 Å². The smallest absolute Gasteiger partial charge is 0.308 e. The van der Waals surface area contributed by atoms with E-state index in [0.29, 0.717) is 18.3 Å². The van der Waals surface area contributed by atoms with Crippen LogP contribution in [0.1, 0.15) is 32.6 Å². The minimum atomic E-state index is -0.852. The minimum Gasteiger partial charge on any atom is -0.481 e. The average molecular weight is 254 g/mol. The molecule has 2 bridgehead atoms. The van der Waals surface area contributed by atoms with E-state index in [-0.39, 0.29) is 24.4 Å². The van der Waals surface area contributed by atoms with E-state index in [0.717, 1.165) is 19.3 Å². The highest BCUT2D eigenvalue weighted by molar-refractivity contribution is 5.81. The fraction of sp³-hybridized carbons (Fsp3) is 0.846. The van der Waals surface area contributed by atoms with Gasteiger partial charge in [0.1, 0.15) is 0 Å². The number of fused-ring (bicyclic) bond motifs is 2. The van der Waals surface area contributed by atoms with Crippen molar-refractivity contribution in [3.05, 3.63) is 0 Å². The first kappa shape index (κ1) is 13.3. The molecule has 5 nitrogen and oxygen atoms in total. The van der Waals surface area contributed by atoms with Crippen LogP contribution in [0.2, 0.25) is 0 Å². The molecular formula is C13H22N2O3. The number of nitrogens with one attached hydrogen (secondary N) is 1. The van der Waals surface area contributed by atoms with E-state index < -0.39 is 11.9 Å². The molecule has 4 N–H and O–H groups in total. The Balaban J connectivity index is 1.87. The molecule has 0 aromatic carbocycles. The monoisotopic (exact) mass is 254 g/mol. The topological polar surface area (TPSA) is 92.4 Å². The second-order valence-corrected chi connectivity index (χ2v) is 5.62. The largest absolute Gasteiger partial charge is 0.481 e. The molecule has 2 fully saturated rings. The summed E-state index contributed by atoms with van der Waals surface area (Å²) in [5.74, 6) is -0.592. The summed E-state index contributed by atoms with van der Waals surface area (Å²) in [6.45, 7) is 2.03. The number of carbonyl (C=O) groups excluding carboxylic acids is 1. The Labute approximate surface area is 107 Å². The lowest BCUT2D eigenvalue weighted by molar-refractivity contribution is -0.141. The van der Waals surface area contributed by atoms with Gasteiger partial charge in [0.2, 0.25) is 5.91 Å². The molecule has 0 saturated heterocycles. The lowest BCUT2D eigenvalue weighted by Crippen LogP contribution is -2.46. The molecule has 0 aromatic rings. The van der Waals surface area contributed by atoms with Gasteiger partial charge in [0, 0.05) is 12.6 Å². The fourth-order valence-corrected chi connectivity index (χ4v) is 3.47. The summed E-state index contributed by atoms with van der Waals surface area (Å²) >= 11 is 0. The third kappa shape index (κ3) is 2.36. The van der Waals surface area contributed by atoms with E-state index in [4.69, 9.17) is 10.8 Å². The fourth-order valence-electron chi connectivity index (χ4n) is 3.47. The number of aliphatic carboxylic acids is 1. The van der Waals surface area contributed by atoms with Gasteiger partial charge in [-0.25, -0.2) is 0 Å². The number of hydrogen-bond donors (Lipinski definition) is 3. The van der Waals surface area contributed by atoms with Crippen LogP contribution in [-0.2, 0) is 9.59 Å². The molecule has 18 heavy (non-hydrogen) atoms. The zero-order chi connectivity index (χ0) is 13.3. The van der Waals surface area contributed by atoms with Crippen molar-refractivity contribution in [2.75, 3.05) is 6.54 Å². The molecule has 1 amide bonds. The van der Waals surface area contributed by atoms with Crippen LogP contribution in [0.4, 0.5) is 0 Å². The first-order valence-corrected chi connectivity index (χ1v) is 6.80. The first-order valence-electron chi connectivity index (χ1n) is 6.80. The number of amides is 1. The second kappa shape index (κ2) is 5.26. The molecule has 0 aliphatic heterocycles. The maximum absolute atomic E-state index is 12.1. The van der Waals surface area contributed by atoms with Gasteiger partial charge in [0.05, 0.1) is 11.8 Å². The van der Waals surface area contributed by atoms with Crippen molar-refractivity contribution < 1.29 is 14.7 Å². The summed E-state index contributed by atoms with van der Waals surface area (Å²) in [6, 6.07) is -0.0337. The van der Waals surface area contributed by atoms with Crippen LogP contribution in [0, 0.1) is 23.7 Å². The van der Waals surface area contributed by atoms with Gasteiger partial charge in [-0.15, -0.1) is 0 Å². The molecule has 5 atom stereocenters. The van der Waals surface area contributed by atoms with Crippen LogP contribution in [0.25, 0.3) is 0 Å². The van der Waals surface area contributed by atoms with E-state index in [1.807, 2.05) is 6.92 Å². The van der Waals surface area contributed by atoms with E-state index in [1.54, 1.807) is 0 Å². The summed E-state index contributed by atoms with van der Waals surface area (Å²) in [7, 11) is 0. The average Bonchev–Trinajstić information content (AvgIpc) is 2.89. The Morgan fingerprint density at radius 3 is 2.56 bits per heavy atom. The predicted octanol–water partition coefficient (Wildman–Crippen LogP) is 0.587. The van der Waals surface area contributed by atoms with Crippen molar-refractivity contribution in [1.29, 1.82) is 0 Å². The van der Waals surface area contributed by atoms with Gasteiger partial charge in [-0.3, -0.25) is 9.59 Å². The van der Waals surface area contributed by atoms with Gasteiger partial charge in [-0.1, -0.05) is 6.92 Å². The summed E-state index contributed by atoms with van der Waals surface area (Å²) in [6.07, 6.45) is 3.82. The molecule has 0 spiro atoms. The lowest BCUT2D eigenvalue weighted by atomic mass is 9.84. The van der Waals surface area contributed by atoms with E-state index in [1.165, 1.54) is 0 Å². The number of nitrogens with two attached hydrogens (primary N) is 1. The van der Waals surface area contributed by atoms with Crippen LogP contribution < -0.4 is 11.1 Å². The lowest BCUT2D eigenvalue weighted by Gasteiger charge is -2.27. The molecule has 102 valence electrons. The molecular weight excluding hydrogens is 232 g/mol. The van der Waals surface area contributed by atoms with Gasteiger partial charge in [0.15, 0.2) is 0 Å². The van der Waals surface area contributed by atoms with Crippen molar-refractivity contribution in [2.24, 2.45) is 29.4 Å². The highest BCUT2D eigenvalue weighted by Gasteiger charge is 2.49. The predicted molar refractivity (Wildman–Crippen MR) is 66.7 cm³/mol. The Kier molecular flexibility index (Phi) is 3.90. The molecule has 0 radical (unpaired) electrons. The maximum Gasteiger partial charge on any atom is 0.308 e. The van der Waals surface area contributed by atoms with Gasteiger partial charge in [0.25, 0.3) is 0 Å².